The molecule has 3 heterocycles. The predicted molar refractivity (Wildman–Crippen MR) is 87.1 cm³/mol. The van der Waals surface area contributed by atoms with Crippen LogP contribution in [0.4, 0.5) is 0 Å². The molecular formula is C16H21N3O3S. The summed E-state index contributed by atoms with van der Waals surface area (Å²) in [6.45, 7) is 5.08. The van der Waals surface area contributed by atoms with E-state index >= 15 is 0 Å². The maximum absolute atomic E-state index is 12.4. The Morgan fingerprint density at radius 3 is 3.13 bits per heavy atom. The SMILES string of the molecule is CCN(C[C@@H]1CCOC1)C(=O)CCc1nc(-c2ccsc2)no1. The highest BCUT2D eigenvalue weighted by Crippen LogP contribution is 2.19. The van der Waals surface area contributed by atoms with Gasteiger partial charge in [-0.3, -0.25) is 4.79 Å². The molecule has 0 radical (unpaired) electrons. The van der Waals surface area contributed by atoms with Crippen LogP contribution in [-0.2, 0) is 16.0 Å². The average molecular weight is 335 g/mol. The number of ether oxygens (including phenoxy) is 1. The number of carbonyl (C=O) groups is 1. The van der Waals surface area contributed by atoms with Crippen LogP contribution < -0.4 is 0 Å². The van der Waals surface area contributed by atoms with Gasteiger partial charge in [0.1, 0.15) is 0 Å². The number of aryl methyl sites for hydroxylation is 1. The van der Waals surface area contributed by atoms with Gasteiger partial charge in [-0.15, -0.1) is 0 Å². The Bertz CT molecular complexity index is 620. The van der Waals surface area contributed by atoms with E-state index in [1.54, 1.807) is 11.3 Å². The summed E-state index contributed by atoms with van der Waals surface area (Å²) in [4.78, 5) is 18.6. The first kappa shape index (κ1) is 16.1. The molecule has 0 unspecified atom stereocenters. The molecule has 1 amide bonds. The molecule has 0 spiro atoms. The van der Waals surface area contributed by atoms with Crippen molar-refractivity contribution >= 4 is 17.2 Å². The van der Waals surface area contributed by atoms with Gasteiger partial charge in [0.25, 0.3) is 0 Å². The lowest BCUT2D eigenvalue weighted by Gasteiger charge is -2.23. The van der Waals surface area contributed by atoms with Gasteiger partial charge < -0.3 is 14.2 Å². The molecule has 6 nitrogen and oxygen atoms in total. The highest BCUT2D eigenvalue weighted by Gasteiger charge is 2.22. The summed E-state index contributed by atoms with van der Waals surface area (Å²) in [5.74, 6) is 1.70. The lowest BCUT2D eigenvalue weighted by atomic mass is 10.1. The molecule has 1 aliphatic heterocycles. The maximum Gasteiger partial charge on any atom is 0.227 e. The molecular weight excluding hydrogens is 314 g/mol. The molecule has 7 heteroatoms. The smallest absolute Gasteiger partial charge is 0.227 e. The van der Waals surface area contributed by atoms with E-state index in [0.29, 0.717) is 30.5 Å². The summed E-state index contributed by atoms with van der Waals surface area (Å²) in [6.07, 6.45) is 1.91. The zero-order valence-corrected chi connectivity index (χ0v) is 14.1. The summed E-state index contributed by atoms with van der Waals surface area (Å²) >= 11 is 1.59. The van der Waals surface area contributed by atoms with Crippen LogP contribution in [0.2, 0.25) is 0 Å². The molecule has 0 aromatic carbocycles. The number of rotatable bonds is 7. The first-order chi connectivity index (χ1) is 11.3. The first-order valence-corrected chi connectivity index (χ1v) is 8.91. The standard InChI is InChI=1S/C16H21N3O3S/c1-2-19(9-12-5-7-21-10-12)15(20)4-3-14-17-16(18-22-14)13-6-8-23-11-13/h6,8,11-12H,2-5,7,9-10H2,1H3/t12-/m0/s1. The molecule has 0 saturated carbocycles. The molecule has 2 aromatic rings. The fourth-order valence-corrected chi connectivity index (χ4v) is 3.32. The summed E-state index contributed by atoms with van der Waals surface area (Å²) < 4.78 is 10.6. The molecule has 0 bridgehead atoms. The van der Waals surface area contributed by atoms with E-state index < -0.39 is 0 Å². The van der Waals surface area contributed by atoms with Crippen LogP contribution in [0, 0.1) is 5.92 Å². The summed E-state index contributed by atoms with van der Waals surface area (Å²) in [6, 6.07) is 1.95. The third kappa shape index (κ3) is 4.17. The topological polar surface area (TPSA) is 68.5 Å². The molecule has 23 heavy (non-hydrogen) atoms. The Hall–Kier alpha value is -1.73. The largest absolute Gasteiger partial charge is 0.381 e. The summed E-state index contributed by atoms with van der Waals surface area (Å²) in [5, 5.41) is 7.91. The molecule has 124 valence electrons. The zero-order chi connectivity index (χ0) is 16.1. The Morgan fingerprint density at radius 1 is 1.52 bits per heavy atom. The second-order valence-corrected chi connectivity index (χ2v) is 6.47. The van der Waals surface area contributed by atoms with Crippen molar-refractivity contribution in [1.82, 2.24) is 15.0 Å². The van der Waals surface area contributed by atoms with Gasteiger partial charge in [0, 0.05) is 49.4 Å². The van der Waals surface area contributed by atoms with Crippen molar-refractivity contribution in [3.8, 4) is 11.4 Å². The van der Waals surface area contributed by atoms with Crippen LogP contribution in [0.25, 0.3) is 11.4 Å². The predicted octanol–water partition coefficient (Wildman–Crippen LogP) is 2.62. The number of thiophene rings is 1. The molecule has 1 fully saturated rings. The minimum atomic E-state index is 0.134. The summed E-state index contributed by atoms with van der Waals surface area (Å²) in [7, 11) is 0. The van der Waals surface area contributed by atoms with E-state index in [4.69, 9.17) is 9.26 Å². The van der Waals surface area contributed by atoms with Crippen LogP contribution >= 0.6 is 11.3 Å². The molecule has 3 rings (SSSR count). The van der Waals surface area contributed by atoms with Crippen molar-refractivity contribution in [2.24, 2.45) is 5.92 Å². The average Bonchev–Trinajstić information content (AvgIpc) is 3.32. The van der Waals surface area contributed by atoms with Gasteiger partial charge in [0.2, 0.25) is 17.6 Å². The van der Waals surface area contributed by atoms with E-state index in [1.807, 2.05) is 28.7 Å². The lowest BCUT2D eigenvalue weighted by molar-refractivity contribution is -0.131. The van der Waals surface area contributed by atoms with Gasteiger partial charge in [-0.2, -0.15) is 16.3 Å². The van der Waals surface area contributed by atoms with Crippen LogP contribution in [0.15, 0.2) is 21.3 Å². The number of amides is 1. The number of hydrogen-bond donors (Lipinski definition) is 0. The highest BCUT2D eigenvalue weighted by molar-refractivity contribution is 7.08. The van der Waals surface area contributed by atoms with Crippen LogP contribution in [0.1, 0.15) is 25.7 Å². The third-order valence-corrected chi connectivity index (χ3v) is 4.72. The second-order valence-electron chi connectivity index (χ2n) is 5.69. The fraction of sp³-hybridized carbons (Fsp3) is 0.562. The van der Waals surface area contributed by atoms with Gasteiger partial charge in [-0.25, -0.2) is 0 Å². The van der Waals surface area contributed by atoms with Crippen molar-refractivity contribution in [3.05, 3.63) is 22.7 Å². The molecule has 1 aliphatic rings. The van der Waals surface area contributed by atoms with E-state index in [-0.39, 0.29) is 5.91 Å². The van der Waals surface area contributed by atoms with Gasteiger partial charge >= 0.3 is 0 Å². The monoisotopic (exact) mass is 335 g/mol. The Balaban J connectivity index is 1.51. The maximum atomic E-state index is 12.4. The Morgan fingerprint density at radius 2 is 2.43 bits per heavy atom. The number of aromatic nitrogens is 2. The van der Waals surface area contributed by atoms with E-state index in [1.165, 1.54) is 0 Å². The minimum absolute atomic E-state index is 0.134. The van der Waals surface area contributed by atoms with E-state index in [9.17, 15) is 4.79 Å². The normalized spacial score (nSPS) is 17.5. The van der Waals surface area contributed by atoms with Gasteiger partial charge in [-0.05, 0) is 24.8 Å². The van der Waals surface area contributed by atoms with Gasteiger partial charge in [0.15, 0.2) is 0 Å². The van der Waals surface area contributed by atoms with Crippen molar-refractivity contribution in [2.75, 3.05) is 26.3 Å². The molecule has 0 N–H and O–H groups in total. The van der Waals surface area contributed by atoms with Crippen LogP contribution in [-0.4, -0.2) is 47.3 Å². The highest BCUT2D eigenvalue weighted by atomic mass is 32.1. The first-order valence-electron chi connectivity index (χ1n) is 7.97. The number of carbonyl (C=O) groups excluding carboxylic acids is 1. The molecule has 1 atom stereocenters. The van der Waals surface area contributed by atoms with E-state index in [2.05, 4.69) is 10.1 Å². The molecule has 1 saturated heterocycles. The molecule has 0 aliphatic carbocycles. The third-order valence-electron chi connectivity index (χ3n) is 4.04. The van der Waals surface area contributed by atoms with E-state index in [0.717, 1.165) is 38.3 Å². The van der Waals surface area contributed by atoms with Gasteiger partial charge in [0.05, 0.1) is 6.61 Å². The van der Waals surface area contributed by atoms with Crippen LogP contribution in [0.3, 0.4) is 0 Å². The minimum Gasteiger partial charge on any atom is -0.381 e. The second kappa shape index (κ2) is 7.70. The number of hydrogen-bond acceptors (Lipinski definition) is 6. The summed E-state index contributed by atoms with van der Waals surface area (Å²) in [5.41, 5.74) is 0.952. The fourth-order valence-electron chi connectivity index (χ4n) is 2.68. The quantitative estimate of drug-likeness (QED) is 0.778. The Kier molecular flexibility index (Phi) is 5.40. The van der Waals surface area contributed by atoms with Crippen molar-refractivity contribution in [1.29, 1.82) is 0 Å². The Labute approximate surface area is 139 Å². The van der Waals surface area contributed by atoms with Gasteiger partial charge in [-0.1, -0.05) is 5.16 Å². The molecule has 2 aromatic heterocycles. The van der Waals surface area contributed by atoms with Crippen molar-refractivity contribution < 1.29 is 14.1 Å². The van der Waals surface area contributed by atoms with Crippen LogP contribution in [0.5, 0.6) is 0 Å². The lowest BCUT2D eigenvalue weighted by Crippen LogP contribution is -2.35. The number of nitrogens with zero attached hydrogens (tertiary/aromatic N) is 3. The zero-order valence-electron chi connectivity index (χ0n) is 13.2. The van der Waals surface area contributed by atoms with Crippen molar-refractivity contribution in [2.45, 2.75) is 26.2 Å². The van der Waals surface area contributed by atoms with Crippen molar-refractivity contribution in [3.63, 3.8) is 0 Å².